The Balaban J connectivity index is 1.88. The average molecular weight is 412 g/mol. The molecular weight excluding hydrogens is 391 g/mol. The third-order valence-electron chi connectivity index (χ3n) is 4.31. The zero-order chi connectivity index (χ0) is 21.5. The van der Waals surface area contributed by atoms with Gasteiger partial charge in [-0.1, -0.05) is 32.1 Å². The van der Waals surface area contributed by atoms with Crippen LogP contribution in [0.15, 0.2) is 64.3 Å². The highest BCUT2D eigenvalue weighted by molar-refractivity contribution is 5.83. The molecule has 156 valence electrons. The first kappa shape index (κ1) is 21.1. The van der Waals surface area contributed by atoms with Crippen LogP contribution in [0.2, 0.25) is 0 Å². The van der Waals surface area contributed by atoms with Crippen molar-refractivity contribution in [2.75, 3.05) is 13.4 Å². The molecule has 0 aliphatic rings. The molecule has 0 atom stereocenters. The maximum atomic E-state index is 14.9. The SMILES string of the molecule is C=CC(=O)OCOc1ccc2cc(-c3cccc(OCCCC)c3F)c(=O)oc2c1. The fourth-order valence-corrected chi connectivity index (χ4v) is 2.74. The Hall–Kier alpha value is -3.61. The van der Waals surface area contributed by atoms with Gasteiger partial charge in [0.25, 0.3) is 0 Å². The molecule has 0 radical (unpaired) electrons. The van der Waals surface area contributed by atoms with Crippen LogP contribution in [-0.2, 0) is 9.53 Å². The minimum atomic E-state index is -0.692. The topological polar surface area (TPSA) is 75.0 Å². The van der Waals surface area contributed by atoms with Crippen molar-refractivity contribution >= 4 is 16.9 Å². The highest BCUT2D eigenvalue weighted by Gasteiger charge is 2.16. The quantitative estimate of drug-likeness (QED) is 0.165. The van der Waals surface area contributed by atoms with Gasteiger partial charge in [-0.3, -0.25) is 0 Å². The molecule has 0 bridgehead atoms. The first-order valence-corrected chi connectivity index (χ1v) is 9.45. The molecule has 30 heavy (non-hydrogen) atoms. The molecule has 2 aromatic carbocycles. The number of hydrogen-bond donors (Lipinski definition) is 0. The van der Waals surface area contributed by atoms with Gasteiger partial charge in [-0.15, -0.1) is 0 Å². The molecule has 0 unspecified atom stereocenters. The fourth-order valence-electron chi connectivity index (χ4n) is 2.74. The van der Waals surface area contributed by atoms with Crippen LogP contribution >= 0.6 is 0 Å². The lowest BCUT2D eigenvalue weighted by molar-refractivity contribution is -0.144. The largest absolute Gasteiger partial charge is 0.490 e. The van der Waals surface area contributed by atoms with E-state index in [0.29, 0.717) is 17.7 Å². The number of carbonyl (C=O) groups is 1. The standard InChI is InChI=1S/C23H21FO6/c1-3-5-11-27-19-8-6-7-17(22(19)24)18-12-15-9-10-16(13-20(15)30-23(18)26)28-14-29-21(25)4-2/h4,6-10,12-13H,2-3,5,11,14H2,1H3. The van der Waals surface area contributed by atoms with Crippen LogP contribution in [0.1, 0.15) is 19.8 Å². The Morgan fingerprint density at radius 1 is 1.17 bits per heavy atom. The van der Waals surface area contributed by atoms with Gasteiger partial charge >= 0.3 is 11.6 Å². The second-order valence-corrected chi connectivity index (χ2v) is 6.40. The van der Waals surface area contributed by atoms with E-state index in [-0.39, 0.29) is 29.3 Å². The van der Waals surface area contributed by atoms with Gasteiger partial charge in [0, 0.05) is 23.1 Å². The van der Waals surface area contributed by atoms with Crippen LogP contribution in [0.25, 0.3) is 22.1 Å². The van der Waals surface area contributed by atoms with E-state index in [4.69, 9.17) is 18.6 Å². The summed E-state index contributed by atoms with van der Waals surface area (Å²) < 4.78 is 35.8. The van der Waals surface area contributed by atoms with Crippen LogP contribution in [0.4, 0.5) is 4.39 Å². The summed E-state index contributed by atoms with van der Waals surface area (Å²) in [5, 5.41) is 0.580. The summed E-state index contributed by atoms with van der Waals surface area (Å²) in [6.45, 7) is 5.39. The number of halogens is 1. The minimum Gasteiger partial charge on any atom is -0.490 e. The summed E-state index contributed by atoms with van der Waals surface area (Å²) in [4.78, 5) is 23.6. The number of esters is 1. The molecule has 0 amide bonds. The Labute approximate surface area is 172 Å². The van der Waals surface area contributed by atoms with Crippen molar-refractivity contribution in [3.05, 3.63) is 71.4 Å². The molecule has 0 aliphatic heterocycles. The van der Waals surface area contributed by atoms with Crippen molar-refractivity contribution in [2.45, 2.75) is 19.8 Å². The third-order valence-corrected chi connectivity index (χ3v) is 4.31. The van der Waals surface area contributed by atoms with Gasteiger partial charge in [0.1, 0.15) is 11.3 Å². The number of carbonyl (C=O) groups excluding carboxylic acids is 1. The van der Waals surface area contributed by atoms with Gasteiger partial charge in [0.15, 0.2) is 11.6 Å². The zero-order valence-electron chi connectivity index (χ0n) is 16.5. The van der Waals surface area contributed by atoms with Gasteiger partial charge in [-0.2, -0.15) is 0 Å². The van der Waals surface area contributed by atoms with Crippen molar-refractivity contribution in [1.82, 2.24) is 0 Å². The van der Waals surface area contributed by atoms with E-state index in [1.807, 2.05) is 6.92 Å². The zero-order valence-corrected chi connectivity index (χ0v) is 16.5. The highest BCUT2D eigenvalue weighted by atomic mass is 19.1. The van der Waals surface area contributed by atoms with E-state index < -0.39 is 17.4 Å². The molecule has 7 heteroatoms. The van der Waals surface area contributed by atoms with Crippen LogP contribution < -0.4 is 15.1 Å². The number of unbranched alkanes of at least 4 members (excludes halogenated alkanes) is 1. The van der Waals surface area contributed by atoms with Crippen molar-refractivity contribution in [3.8, 4) is 22.6 Å². The van der Waals surface area contributed by atoms with Crippen molar-refractivity contribution in [2.24, 2.45) is 0 Å². The van der Waals surface area contributed by atoms with Crippen molar-refractivity contribution in [3.63, 3.8) is 0 Å². The Morgan fingerprint density at radius 2 is 2.00 bits per heavy atom. The second kappa shape index (κ2) is 9.73. The van der Waals surface area contributed by atoms with Crippen LogP contribution in [0.5, 0.6) is 11.5 Å². The molecule has 0 fully saturated rings. The highest BCUT2D eigenvalue weighted by Crippen LogP contribution is 2.30. The van der Waals surface area contributed by atoms with Crippen LogP contribution in [-0.4, -0.2) is 19.4 Å². The summed E-state index contributed by atoms with van der Waals surface area (Å²) in [5.74, 6) is -0.787. The fraction of sp³-hybridized carbons (Fsp3) is 0.217. The summed E-state index contributed by atoms with van der Waals surface area (Å²) in [7, 11) is 0. The first-order valence-electron chi connectivity index (χ1n) is 9.45. The molecule has 3 aromatic rings. The van der Waals surface area contributed by atoms with E-state index in [1.54, 1.807) is 24.3 Å². The van der Waals surface area contributed by atoms with Crippen molar-refractivity contribution in [1.29, 1.82) is 0 Å². The summed E-state index contributed by atoms with van der Waals surface area (Å²) in [6, 6.07) is 11.0. The first-order chi connectivity index (χ1) is 14.5. The number of benzene rings is 2. The molecule has 0 spiro atoms. The smallest absolute Gasteiger partial charge is 0.344 e. The molecule has 1 aromatic heterocycles. The Bertz CT molecular complexity index is 1120. The Kier molecular flexibility index (Phi) is 6.85. The maximum absolute atomic E-state index is 14.9. The summed E-state index contributed by atoms with van der Waals surface area (Å²) in [6.07, 6.45) is 2.75. The molecule has 3 rings (SSSR count). The molecule has 1 heterocycles. The van der Waals surface area contributed by atoms with Gasteiger partial charge < -0.3 is 18.6 Å². The third kappa shape index (κ3) is 4.86. The van der Waals surface area contributed by atoms with Gasteiger partial charge in [-0.25, -0.2) is 14.0 Å². The predicted molar refractivity (Wildman–Crippen MR) is 110 cm³/mol. The normalized spacial score (nSPS) is 10.6. The second-order valence-electron chi connectivity index (χ2n) is 6.40. The van der Waals surface area contributed by atoms with E-state index in [9.17, 15) is 14.0 Å². The van der Waals surface area contributed by atoms with Gasteiger partial charge in [0.2, 0.25) is 6.79 Å². The minimum absolute atomic E-state index is 0.0922. The number of fused-ring (bicyclic) bond motifs is 1. The van der Waals surface area contributed by atoms with E-state index in [2.05, 4.69) is 6.58 Å². The molecule has 6 nitrogen and oxygen atoms in total. The number of hydrogen-bond acceptors (Lipinski definition) is 6. The maximum Gasteiger partial charge on any atom is 0.344 e. The van der Waals surface area contributed by atoms with Gasteiger partial charge in [-0.05, 0) is 30.7 Å². The predicted octanol–water partition coefficient (Wildman–Crippen LogP) is 4.84. The average Bonchev–Trinajstić information content (AvgIpc) is 2.74. The summed E-state index contributed by atoms with van der Waals surface area (Å²) >= 11 is 0. The van der Waals surface area contributed by atoms with Crippen molar-refractivity contribution < 1.29 is 27.8 Å². The lowest BCUT2D eigenvalue weighted by Crippen LogP contribution is -2.08. The molecular formula is C23H21FO6. The molecule has 0 aliphatic carbocycles. The molecule has 0 saturated heterocycles. The molecule has 0 N–H and O–H groups in total. The van der Waals surface area contributed by atoms with E-state index >= 15 is 0 Å². The van der Waals surface area contributed by atoms with E-state index in [1.165, 1.54) is 18.2 Å². The van der Waals surface area contributed by atoms with Crippen LogP contribution in [0, 0.1) is 5.82 Å². The van der Waals surface area contributed by atoms with Gasteiger partial charge in [0.05, 0.1) is 12.2 Å². The lowest BCUT2D eigenvalue weighted by atomic mass is 10.0. The Morgan fingerprint density at radius 3 is 2.77 bits per heavy atom. The number of ether oxygens (including phenoxy) is 3. The lowest BCUT2D eigenvalue weighted by Gasteiger charge is -2.10. The van der Waals surface area contributed by atoms with E-state index in [0.717, 1.165) is 18.9 Å². The monoisotopic (exact) mass is 412 g/mol. The summed E-state index contributed by atoms with van der Waals surface area (Å²) in [5.41, 5.74) is -0.236. The van der Waals surface area contributed by atoms with Crippen LogP contribution in [0.3, 0.4) is 0 Å². The molecule has 0 saturated carbocycles. The number of rotatable bonds is 9.